The number of aromatic amines is 2. The number of hydrogen-bond donors (Lipinski definition) is 4. The van der Waals surface area contributed by atoms with Gasteiger partial charge in [-0.25, -0.2) is 4.98 Å². The molecule has 0 aliphatic rings. The summed E-state index contributed by atoms with van der Waals surface area (Å²) in [5, 5.41) is 1.29. The van der Waals surface area contributed by atoms with E-state index in [9.17, 15) is 0 Å². The predicted molar refractivity (Wildman–Crippen MR) is 82.4 cm³/mol. The Morgan fingerprint density at radius 3 is 2.50 bits per heavy atom. The van der Waals surface area contributed by atoms with Gasteiger partial charge in [-0.2, -0.15) is 0 Å². The molecule has 0 spiro atoms. The zero-order valence-corrected chi connectivity index (χ0v) is 11.5. The van der Waals surface area contributed by atoms with Crippen molar-refractivity contribution in [1.82, 2.24) is 15.0 Å². The minimum absolute atomic E-state index is 0.671. The molecule has 0 aliphatic carbocycles. The van der Waals surface area contributed by atoms with E-state index in [-0.39, 0.29) is 0 Å². The maximum Gasteiger partial charge on any atom is 0.0923 e. The first kappa shape index (κ1) is 14.3. The fourth-order valence-corrected chi connectivity index (χ4v) is 2.07. The quantitative estimate of drug-likeness (QED) is 0.580. The number of benzene rings is 1. The number of nitrogens with one attached hydrogen (secondary N) is 2. The molecule has 3 rings (SSSR count). The second kappa shape index (κ2) is 7.47. The summed E-state index contributed by atoms with van der Waals surface area (Å²) >= 11 is 0. The van der Waals surface area contributed by atoms with Crippen LogP contribution in [0.25, 0.3) is 10.9 Å². The second-order valence-corrected chi connectivity index (χ2v) is 4.50. The van der Waals surface area contributed by atoms with Crippen LogP contribution in [0.2, 0.25) is 0 Å². The zero-order chi connectivity index (χ0) is 14.2. The highest BCUT2D eigenvalue weighted by atomic mass is 14.9. The maximum atomic E-state index is 5.50. The van der Waals surface area contributed by atoms with Crippen molar-refractivity contribution < 1.29 is 0 Å². The van der Waals surface area contributed by atoms with Gasteiger partial charge in [0.05, 0.1) is 12.0 Å². The van der Waals surface area contributed by atoms with E-state index in [1.165, 1.54) is 16.5 Å². The van der Waals surface area contributed by atoms with E-state index in [2.05, 4.69) is 33.2 Å². The summed E-state index contributed by atoms with van der Waals surface area (Å²) in [5.74, 6) is 0. The molecule has 0 atom stereocenters. The molecule has 0 unspecified atom stereocenters. The van der Waals surface area contributed by atoms with Crippen LogP contribution in [-0.4, -0.2) is 28.0 Å². The molecule has 2 aromatic heterocycles. The lowest BCUT2D eigenvalue weighted by Crippen LogP contribution is -2.02. The molecule has 0 amide bonds. The average molecular weight is 271 g/mol. The Balaban J connectivity index is 0.000000160. The third-order valence-electron chi connectivity index (χ3n) is 3.04. The fourth-order valence-electron chi connectivity index (χ4n) is 2.07. The van der Waals surface area contributed by atoms with Gasteiger partial charge in [0.1, 0.15) is 0 Å². The van der Waals surface area contributed by atoms with Gasteiger partial charge in [0.2, 0.25) is 0 Å². The lowest BCUT2D eigenvalue weighted by atomic mass is 10.1. The number of fused-ring (bicyclic) bond motifs is 1. The van der Waals surface area contributed by atoms with Crippen LogP contribution in [0.3, 0.4) is 0 Å². The van der Waals surface area contributed by atoms with Crippen LogP contribution in [0.1, 0.15) is 11.3 Å². The van der Waals surface area contributed by atoms with E-state index in [4.69, 9.17) is 11.5 Å². The Hall–Kier alpha value is -2.11. The topological polar surface area (TPSA) is 96.5 Å². The number of nitrogens with two attached hydrogens (primary N) is 2. The molecule has 0 saturated carbocycles. The monoisotopic (exact) mass is 271 g/mol. The van der Waals surface area contributed by atoms with E-state index in [1.807, 2.05) is 18.5 Å². The summed E-state index contributed by atoms with van der Waals surface area (Å²) in [6.07, 6.45) is 7.36. The SMILES string of the molecule is NCCc1c[nH]c2ccccc12.NCCc1c[nH]cn1. The van der Waals surface area contributed by atoms with E-state index >= 15 is 0 Å². The van der Waals surface area contributed by atoms with E-state index < -0.39 is 0 Å². The number of hydrogen-bond acceptors (Lipinski definition) is 3. The molecule has 0 bridgehead atoms. The molecular weight excluding hydrogens is 250 g/mol. The molecule has 20 heavy (non-hydrogen) atoms. The Kier molecular flexibility index (Phi) is 5.34. The van der Waals surface area contributed by atoms with Gasteiger partial charge in [0.25, 0.3) is 0 Å². The van der Waals surface area contributed by atoms with E-state index in [0.29, 0.717) is 13.1 Å². The van der Waals surface area contributed by atoms with Crippen molar-refractivity contribution in [2.45, 2.75) is 12.8 Å². The highest BCUT2D eigenvalue weighted by molar-refractivity contribution is 5.82. The van der Waals surface area contributed by atoms with Crippen LogP contribution in [0.5, 0.6) is 0 Å². The largest absolute Gasteiger partial charge is 0.361 e. The van der Waals surface area contributed by atoms with Gasteiger partial charge in [-0.1, -0.05) is 18.2 Å². The molecule has 0 aliphatic heterocycles. The molecule has 0 fully saturated rings. The second-order valence-electron chi connectivity index (χ2n) is 4.50. The molecule has 0 radical (unpaired) electrons. The van der Waals surface area contributed by atoms with Crippen molar-refractivity contribution in [3.05, 3.63) is 54.2 Å². The molecule has 2 heterocycles. The lowest BCUT2D eigenvalue weighted by Gasteiger charge is -1.93. The van der Waals surface area contributed by atoms with Crippen molar-refractivity contribution in [2.24, 2.45) is 11.5 Å². The summed E-state index contributed by atoms with van der Waals surface area (Å²) in [5.41, 5.74) is 14.3. The maximum absolute atomic E-state index is 5.50. The number of imidazole rings is 1. The van der Waals surface area contributed by atoms with Crippen LogP contribution in [-0.2, 0) is 12.8 Å². The Bertz CT molecular complexity index is 612. The number of nitrogens with zero attached hydrogens (tertiary/aromatic N) is 1. The predicted octanol–water partition coefficient (Wildman–Crippen LogP) is 1.58. The first-order valence-corrected chi connectivity index (χ1v) is 6.78. The summed E-state index contributed by atoms with van der Waals surface area (Å²) in [6, 6.07) is 8.29. The first-order chi connectivity index (χ1) is 9.85. The summed E-state index contributed by atoms with van der Waals surface area (Å²) in [4.78, 5) is 10.0. The van der Waals surface area contributed by atoms with Crippen molar-refractivity contribution in [2.75, 3.05) is 13.1 Å². The number of para-hydroxylation sites is 1. The van der Waals surface area contributed by atoms with Gasteiger partial charge in [-0.15, -0.1) is 0 Å². The van der Waals surface area contributed by atoms with Crippen molar-refractivity contribution in [3.8, 4) is 0 Å². The molecule has 5 nitrogen and oxygen atoms in total. The van der Waals surface area contributed by atoms with Crippen LogP contribution < -0.4 is 11.5 Å². The molecule has 1 aromatic carbocycles. The minimum atomic E-state index is 0.671. The zero-order valence-electron chi connectivity index (χ0n) is 11.5. The molecular formula is C15H21N5. The molecule has 5 heteroatoms. The normalized spacial score (nSPS) is 10.3. The van der Waals surface area contributed by atoms with Gasteiger partial charge >= 0.3 is 0 Å². The van der Waals surface area contributed by atoms with Crippen LogP contribution in [0.4, 0.5) is 0 Å². The van der Waals surface area contributed by atoms with Gasteiger partial charge in [-0.05, 0) is 31.1 Å². The summed E-state index contributed by atoms with van der Waals surface area (Å²) < 4.78 is 0. The Labute approximate surface area is 118 Å². The molecule has 106 valence electrons. The lowest BCUT2D eigenvalue weighted by molar-refractivity contribution is 0.935. The molecule has 0 saturated heterocycles. The van der Waals surface area contributed by atoms with Crippen molar-refractivity contribution >= 4 is 10.9 Å². The van der Waals surface area contributed by atoms with Gasteiger partial charge in [0, 0.05) is 29.7 Å². The van der Waals surface area contributed by atoms with Gasteiger partial charge < -0.3 is 21.4 Å². The highest BCUT2D eigenvalue weighted by Crippen LogP contribution is 2.17. The first-order valence-electron chi connectivity index (χ1n) is 6.78. The van der Waals surface area contributed by atoms with E-state index in [1.54, 1.807) is 6.33 Å². The Morgan fingerprint density at radius 1 is 1.00 bits per heavy atom. The standard InChI is InChI=1S/C10H12N2.C5H9N3/c11-6-5-8-7-12-10-4-2-1-3-9(8)10;6-2-1-5-3-7-4-8-5/h1-4,7,12H,5-6,11H2;3-4H,1-2,6H2,(H,7,8). The number of rotatable bonds is 4. The Morgan fingerprint density at radius 2 is 1.80 bits per heavy atom. The fraction of sp³-hybridized carbons (Fsp3) is 0.267. The van der Waals surface area contributed by atoms with Gasteiger partial charge in [0.15, 0.2) is 0 Å². The number of aromatic nitrogens is 3. The third kappa shape index (κ3) is 3.69. The van der Waals surface area contributed by atoms with Gasteiger partial charge in [-0.3, -0.25) is 0 Å². The van der Waals surface area contributed by atoms with Crippen molar-refractivity contribution in [1.29, 1.82) is 0 Å². The highest BCUT2D eigenvalue weighted by Gasteiger charge is 1.99. The smallest absolute Gasteiger partial charge is 0.0923 e. The van der Waals surface area contributed by atoms with Crippen LogP contribution in [0, 0.1) is 0 Å². The summed E-state index contributed by atoms with van der Waals surface area (Å²) in [7, 11) is 0. The molecule has 6 N–H and O–H groups in total. The van der Waals surface area contributed by atoms with Crippen LogP contribution in [0.15, 0.2) is 43.0 Å². The van der Waals surface area contributed by atoms with Crippen LogP contribution >= 0.6 is 0 Å². The summed E-state index contributed by atoms with van der Waals surface area (Å²) in [6.45, 7) is 1.38. The average Bonchev–Trinajstić information content (AvgIpc) is 3.11. The number of H-pyrrole nitrogens is 2. The van der Waals surface area contributed by atoms with Crippen molar-refractivity contribution in [3.63, 3.8) is 0 Å². The third-order valence-corrected chi connectivity index (χ3v) is 3.04. The van der Waals surface area contributed by atoms with E-state index in [0.717, 1.165) is 18.5 Å². The molecule has 3 aromatic rings. The minimum Gasteiger partial charge on any atom is -0.361 e.